The number of urea groups is 1. The highest BCUT2D eigenvalue weighted by atomic mass is 19.1. The fourth-order valence-electron chi connectivity index (χ4n) is 3.59. The number of nitrogens with zero attached hydrogens (tertiary/aromatic N) is 3. The van der Waals surface area contributed by atoms with Gasteiger partial charge in [0.2, 0.25) is 0 Å². The number of hydrogen-bond donors (Lipinski definition) is 1. The van der Waals surface area contributed by atoms with Gasteiger partial charge in [0.1, 0.15) is 11.6 Å². The molecule has 0 radical (unpaired) electrons. The van der Waals surface area contributed by atoms with E-state index >= 15 is 0 Å². The standard InChI is InChI=1S/C20H27FN4O2/c1-14-17(15(2)27-23-14)13-24(3)20(26)22-12-19(25-10-6-7-11-25)16-8-4-5-9-18(16)21/h4-5,8-9,19H,6-7,10-13H2,1-3H3,(H,22,26)/t19-/m1/s1. The Morgan fingerprint density at radius 1 is 1.33 bits per heavy atom. The van der Waals surface area contributed by atoms with Crippen LogP contribution in [0.5, 0.6) is 0 Å². The number of aryl methyl sites for hydroxylation is 2. The summed E-state index contributed by atoms with van der Waals surface area (Å²) >= 11 is 0. The number of amides is 2. The quantitative estimate of drug-likeness (QED) is 0.842. The van der Waals surface area contributed by atoms with Crippen LogP contribution in [-0.4, -0.2) is 47.7 Å². The average Bonchev–Trinajstić information content (AvgIpc) is 3.29. The number of likely N-dealkylation sites (tertiary alicyclic amines) is 1. The van der Waals surface area contributed by atoms with Crippen LogP contribution in [0, 0.1) is 19.7 Å². The molecule has 2 heterocycles. The molecule has 1 N–H and O–H groups in total. The minimum Gasteiger partial charge on any atom is -0.361 e. The van der Waals surface area contributed by atoms with E-state index < -0.39 is 0 Å². The Bertz CT molecular complexity index is 767. The third-order valence-electron chi connectivity index (χ3n) is 5.22. The van der Waals surface area contributed by atoms with Crippen molar-refractivity contribution in [2.45, 2.75) is 39.3 Å². The van der Waals surface area contributed by atoms with Crippen molar-refractivity contribution in [3.05, 3.63) is 52.7 Å². The van der Waals surface area contributed by atoms with Crippen molar-refractivity contribution in [3.63, 3.8) is 0 Å². The van der Waals surface area contributed by atoms with Gasteiger partial charge in [0.05, 0.1) is 18.3 Å². The Kier molecular flexibility index (Phi) is 6.11. The van der Waals surface area contributed by atoms with Gasteiger partial charge in [-0.2, -0.15) is 0 Å². The van der Waals surface area contributed by atoms with Gasteiger partial charge in [0.25, 0.3) is 0 Å². The van der Waals surface area contributed by atoms with Gasteiger partial charge < -0.3 is 14.7 Å². The Labute approximate surface area is 159 Å². The molecule has 1 atom stereocenters. The van der Waals surface area contributed by atoms with Gasteiger partial charge >= 0.3 is 6.03 Å². The third kappa shape index (κ3) is 4.47. The van der Waals surface area contributed by atoms with E-state index in [9.17, 15) is 9.18 Å². The molecule has 0 saturated carbocycles. The maximum absolute atomic E-state index is 14.3. The lowest BCUT2D eigenvalue weighted by molar-refractivity contribution is 0.194. The van der Waals surface area contributed by atoms with Crippen LogP contribution in [0.2, 0.25) is 0 Å². The Morgan fingerprint density at radius 3 is 2.67 bits per heavy atom. The molecule has 0 bridgehead atoms. The zero-order valence-electron chi connectivity index (χ0n) is 16.2. The smallest absolute Gasteiger partial charge is 0.317 e. The molecule has 27 heavy (non-hydrogen) atoms. The first-order valence-corrected chi connectivity index (χ1v) is 9.36. The Hall–Kier alpha value is -2.41. The molecule has 1 aliphatic heterocycles. The van der Waals surface area contributed by atoms with Crippen LogP contribution >= 0.6 is 0 Å². The minimum absolute atomic E-state index is 0.162. The summed E-state index contributed by atoms with van der Waals surface area (Å²) in [5, 5.41) is 6.89. The van der Waals surface area contributed by atoms with Crippen LogP contribution in [0.25, 0.3) is 0 Å². The number of halogens is 1. The molecule has 146 valence electrons. The Balaban J connectivity index is 1.66. The molecule has 1 aliphatic rings. The van der Waals surface area contributed by atoms with Gasteiger partial charge in [0, 0.05) is 24.7 Å². The van der Waals surface area contributed by atoms with Crippen LogP contribution in [0.1, 0.15) is 41.5 Å². The predicted molar refractivity (Wildman–Crippen MR) is 101 cm³/mol. The monoisotopic (exact) mass is 374 g/mol. The van der Waals surface area contributed by atoms with Crippen molar-refractivity contribution < 1.29 is 13.7 Å². The summed E-state index contributed by atoms with van der Waals surface area (Å²) in [6, 6.07) is 6.45. The number of carbonyl (C=O) groups excluding carboxylic acids is 1. The maximum atomic E-state index is 14.3. The molecule has 1 saturated heterocycles. The van der Waals surface area contributed by atoms with Crippen LogP contribution in [0.15, 0.2) is 28.8 Å². The number of aromatic nitrogens is 1. The van der Waals surface area contributed by atoms with Crippen molar-refractivity contribution >= 4 is 6.03 Å². The van der Waals surface area contributed by atoms with Crippen molar-refractivity contribution in [1.82, 2.24) is 20.3 Å². The molecular weight excluding hydrogens is 347 g/mol. The van der Waals surface area contributed by atoms with E-state index in [1.165, 1.54) is 6.07 Å². The zero-order chi connectivity index (χ0) is 19.4. The molecule has 6 nitrogen and oxygen atoms in total. The average molecular weight is 374 g/mol. The van der Waals surface area contributed by atoms with Crippen LogP contribution in [0.4, 0.5) is 9.18 Å². The largest absolute Gasteiger partial charge is 0.361 e. The first kappa shape index (κ1) is 19.4. The van der Waals surface area contributed by atoms with Gasteiger partial charge in [-0.3, -0.25) is 4.90 Å². The van der Waals surface area contributed by atoms with E-state index in [2.05, 4.69) is 15.4 Å². The third-order valence-corrected chi connectivity index (χ3v) is 5.22. The van der Waals surface area contributed by atoms with Crippen molar-refractivity contribution in [1.29, 1.82) is 0 Å². The molecule has 1 aromatic carbocycles. The number of nitrogens with one attached hydrogen (secondary N) is 1. The topological polar surface area (TPSA) is 61.6 Å². The Morgan fingerprint density at radius 2 is 2.04 bits per heavy atom. The van der Waals surface area contributed by atoms with Crippen molar-refractivity contribution in [3.8, 4) is 0 Å². The van der Waals surface area contributed by atoms with E-state index in [1.54, 1.807) is 24.1 Å². The first-order valence-electron chi connectivity index (χ1n) is 9.36. The SMILES string of the molecule is Cc1noc(C)c1CN(C)C(=O)NC[C@H](c1ccccc1F)N1CCCC1. The molecule has 0 aliphatic carbocycles. The summed E-state index contributed by atoms with van der Waals surface area (Å²) in [7, 11) is 1.73. The molecule has 2 aromatic rings. The number of carbonyl (C=O) groups is 1. The summed E-state index contributed by atoms with van der Waals surface area (Å²) in [6.07, 6.45) is 2.20. The molecule has 1 aromatic heterocycles. The summed E-state index contributed by atoms with van der Waals surface area (Å²) in [5.41, 5.74) is 2.33. The van der Waals surface area contributed by atoms with E-state index in [0.717, 1.165) is 37.2 Å². The highest BCUT2D eigenvalue weighted by Gasteiger charge is 2.26. The van der Waals surface area contributed by atoms with Gasteiger partial charge in [-0.1, -0.05) is 23.4 Å². The summed E-state index contributed by atoms with van der Waals surface area (Å²) in [4.78, 5) is 16.4. The fourth-order valence-corrected chi connectivity index (χ4v) is 3.59. The fraction of sp³-hybridized carbons (Fsp3) is 0.500. The lowest BCUT2D eigenvalue weighted by Crippen LogP contribution is -2.42. The van der Waals surface area contributed by atoms with Crippen LogP contribution in [0.3, 0.4) is 0 Å². The van der Waals surface area contributed by atoms with Crippen LogP contribution < -0.4 is 5.32 Å². The van der Waals surface area contributed by atoms with Crippen LogP contribution in [-0.2, 0) is 6.54 Å². The molecule has 2 amide bonds. The van der Waals surface area contributed by atoms with E-state index in [-0.39, 0.29) is 17.9 Å². The molecule has 3 rings (SSSR count). The van der Waals surface area contributed by atoms with E-state index in [4.69, 9.17) is 4.52 Å². The summed E-state index contributed by atoms with van der Waals surface area (Å²) < 4.78 is 19.5. The maximum Gasteiger partial charge on any atom is 0.317 e. The van der Waals surface area contributed by atoms with Gasteiger partial charge in [-0.25, -0.2) is 9.18 Å². The molecule has 1 fully saturated rings. The van der Waals surface area contributed by atoms with E-state index in [1.807, 2.05) is 19.9 Å². The second kappa shape index (κ2) is 8.52. The lowest BCUT2D eigenvalue weighted by Gasteiger charge is -2.29. The molecule has 0 unspecified atom stereocenters. The van der Waals surface area contributed by atoms with Gasteiger partial charge in [-0.05, 0) is 45.8 Å². The second-order valence-electron chi connectivity index (χ2n) is 7.13. The first-order chi connectivity index (χ1) is 13.0. The number of hydrogen-bond acceptors (Lipinski definition) is 4. The van der Waals surface area contributed by atoms with Gasteiger partial charge in [-0.15, -0.1) is 0 Å². The molecular formula is C20H27FN4O2. The van der Waals surface area contributed by atoms with Crippen molar-refractivity contribution in [2.75, 3.05) is 26.7 Å². The highest BCUT2D eigenvalue weighted by molar-refractivity contribution is 5.74. The number of benzene rings is 1. The van der Waals surface area contributed by atoms with E-state index in [0.29, 0.717) is 24.4 Å². The summed E-state index contributed by atoms with van der Waals surface area (Å²) in [6.45, 7) is 6.32. The highest BCUT2D eigenvalue weighted by Crippen LogP contribution is 2.26. The molecule has 0 spiro atoms. The summed E-state index contributed by atoms with van der Waals surface area (Å²) in [5.74, 6) is 0.487. The van der Waals surface area contributed by atoms with Crippen molar-refractivity contribution in [2.24, 2.45) is 0 Å². The predicted octanol–water partition coefficient (Wildman–Crippen LogP) is 3.41. The van der Waals surface area contributed by atoms with Gasteiger partial charge in [0.15, 0.2) is 0 Å². The minimum atomic E-state index is -0.229. The second-order valence-corrected chi connectivity index (χ2v) is 7.13. The zero-order valence-corrected chi connectivity index (χ0v) is 16.2. The lowest BCUT2D eigenvalue weighted by atomic mass is 10.0. The normalized spacial score (nSPS) is 15.7. The molecule has 7 heteroatoms. The number of rotatable bonds is 6.